The van der Waals surface area contributed by atoms with E-state index < -0.39 is 17.1 Å². The number of hydrogen-bond donors (Lipinski definition) is 1. The SMILES string of the molecule is COC(=O)CCCn1cc(-n2ccc(=O)c(C(=O)O)n2)cn1. The summed E-state index contributed by atoms with van der Waals surface area (Å²) in [6.45, 7) is 0.501. The van der Waals surface area contributed by atoms with Crippen molar-refractivity contribution in [3.63, 3.8) is 0 Å². The maximum absolute atomic E-state index is 11.4. The van der Waals surface area contributed by atoms with Crippen molar-refractivity contribution in [1.82, 2.24) is 19.6 Å². The summed E-state index contributed by atoms with van der Waals surface area (Å²) < 4.78 is 7.40. The number of carbonyl (C=O) groups excluding carboxylic acids is 1. The molecule has 9 heteroatoms. The number of aromatic nitrogens is 4. The first-order valence-corrected chi connectivity index (χ1v) is 6.44. The lowest BCUT2D eigenvalue weighted by atomic mass is 10.3. The highest BCUT2D eigenvalue weighted by atomic mass is 16.5. The Balaban J connectivity index is 2.11. The molecule has 0 fully saturated rings. The van der Waals surface area contributed by atoms with Gasteiger partial charge in [-0.15, -0.1) is 0 Å². The van der Waals surface area contributed by atoms with Crippen LogP contribution in [0.2, 0.25) is 0 Å². The number of carboxylic acids is 1. The summed E-state index contributed by atoms with van der Waals surface area (Å²) in [5.41, 5.74) is -0.698. The minimum Gasteiger partial charge on any atom is -0.476 e. The Hall–Kier alpha value is -2.97. The van der Waals surface area contributed by atoms with Gasteiger partial charge in [-0.25, -0.2) is 9.48 Å². The van der Waals surface area contributed by atoms with Gasteiger partial charge in [-0.3, -0.25) is 14.3 Å². The van der Waals surface area contributed by atoms with E-state index in [1.807, 2.05) is 0 Å². The molecule has 0 aliphatic carbocycles. The van der Waals surface area contributed by atoms with Crippen LogP contribution in [0.4, 0.5) is 0 Å². The molecule has 9 nitrogen and oxygen atoms in total. The molecular weight excluding hydrogens is 292 g/mol. The first-order valence-electron chi connectivity index (χ1n) is 6.44. The number of methoxy groups -OCH3 is 1. The monoisotopic (exact) mass is 306 g/mol. The van der Waals surface area contributed by atoms with Gasteiger partial charge in [0.15, 0.2) is 0 Å². The van der Waals surface area contributed by atoms with Crippen molar-refractivity contribution in [3.8, 4) is 5.69 Å². The van der Waals surface area contributed by atoms with Crippen molar-refractivity contribution in [2.45, 2.75) is 19.4 Å². The Kier molecular flexibility index (Phi) is 4.66. The summed E-state index contributed by atoms with van der Waals surface area (Å²) in [7, 11) is 1.33. The lowest BCUT2D eigenvalue weighted by Gasteiger charge is -2.02. The number of aromatic carboxylic acids is 1. The quantitative estimate of drug-likeness (QED) is 0.751. The summed E-state index contributed by atoms with van der Waals surface area (Å²) in [5, 5.41) is 16.7. The van der Waals surface area contributed by atoms with Crippen LogP contribution in [0.25, 0.3) is 5.69 Å². The number of aryl methyl sites for hydroxylation is 1. The molecule has 1 N–H and O–H groups in total. The van der Waals surface area contributed by atoms with Gasteiger partial charge in [-0.2, -0.15) is 10.2 Å². The Bertz CT molecular complexity index is 749. The van der Waals surface area contributed by atoms with Crippen LogP contribution in [0.15, 0.2) is 29.5 Å². The van der Waals surface area contributed by atoms with Crippen LogP contribution in [0.1, 0.15) is 23.3 Å². The minimum absolute atomic E-state index is 0.283. The van der Waals surface area contributed by atoms with Crippen molar-refractivity contribution < 1.29 is 19.4 Å². The fraction of sp³-hybridized carbons (Fsp3) is 0.308. The molecule has 0 saturated carbocycles. The van der Waals surface area contributed by atoms with Gasteiger partial charge in [-0.1, -0.05) is 0 Å². The van der Waals surface area contributed by atoms with Crippen molar-refractivity contribution in [1.29, 1.82) is 0 Å². The summed E-state index contributed by atoms with van der Waals surface area (Å²) in [6.07, 6.45) is 5.34. The Morgan fingerprint density at radius 3 is 2.86 bits per heavy atom. The van der Waals surface area contributed by atoms with E-state index >= 15 is 0 Å². The molecule has 0 unspecified atom stereocenters. The molecule has 0 aromatic carbocycles. The van der Waals surface area contributed by atoms with Gasteiger partial charge in [0.2, 0.25) is 11.1 Å². The standard InChI is InChI=1S/C13H14N4O5/c1-22-11(19)3-2-5-16-8-9(7-14-16)17-6-4-10(18)12(15-17)13(20)21/h4,6-8H,2-3,5H2,1H3,(H,20,21). The van der Waals surface area contributed by atoms with Crippen molar-refractivity contribution >= 4 is 11.9 Å². The Morgan fingerprint density at radius 1 is 1.41 bits per heavy atom. The van der Waals surface area contributed by atoms with Crippen LogP contribution in [0.3, 0.4) is 0 Å². The van der Waals surface area contributed by atoms with Gasteiger partial charge in [0, 0.05) is 25.2 Å². The number of carbonyl (C=O) groups is 2. The van der Waals surface area contributed by atoms with Crippen LogP contribution < -0.4 is 5.43 Å². The van der Waals surface area contributed by atoms with Gasteiger partial charge >= 0.3 is 11.9 Å². The first-order chi connectivity index (χ1) is 10.5. The molecule has 0 atom stereocenters. The average Bonchev–Trinajstić information content (AvgIpc) is 2.96. The van der Waals surface area contributed by atoms with Crippen LogP contribution in [-0.2, 0) is 16.1 Å². The zero-order valence-corrected chi connectivity index (χ0v) is 11.8. The predicted molar refractivity (Wildman–Crippen MR) is 73.8 cm³/mol. The molecule has 0 spiro atoms. The minimum atomic E-state index is -1.38. The second-order valence-electron chi connectivity index (χ2n) is 4.42. The van der Waals surface area contributed by atoms with E-state index in [0.29, 0.717) is 18.7 Å². The molecule has 2 rings (SSSR count). The molecule has 0 bridgehead atoms. The van der Waals surface area contributed by atoms with E-state index in [9.17, 15) is 14.4 Å². The molecule has 0 aliphatic heterocycles. The molecule has 2 aromatic rings. The topological polar surface area (TPSA) is 116 Å². The second-order valence-corrected chi connectivity index (χ2v) is 4.42. The number of ether oxygens (including phenoxy) is 1. The summed E-state index contributed by atoms with van der Waals surface area (Å²) >= 11 is 0. The third-order valence-electron chi connectivity index (χ3n) is 2.89. The number of carboxylic acid groups (broad SMARTS) is 1. The van der Waals surface area contributed by atoms with Crippen molar-refractivity contribution in [2.24, 2.45) is 0 Å². The highest BCUT2D eigenvalue weighted by Crippen LogP contribution is 2.05. The van der Waals surface area contributed by atoms with Gasteiger partial charge < -0.3 is 9.84 Å². The smallest absolute Gasteiger partial charge is 0.360 e. The molecule has 116 valence electrons. The van der Waals surface area contributed by atoms with Crippen molar-refractivity contribution in [3.05, 3.63) is 40.6 Å². The molecule has 0 saturated heterocycles. The van der Waals surface area contributed by atoms with Gasteiger partial charge in [0.1, 0.15) is 5.69 Å². The molecule has 2 heterocycles. The number of rotatable bonds is 6. The third kappa shape index (κ3) is 3.57. The fourth-order valence-electron chi connectivity index (χ4n) is 1.78. The van der Waals surface area contributed by atoms with E-state index in [0.717, 1.165) is 6.07 Å². The van der Waals surface area contributed by atoms with E-state index in [1.165, 1.54) is 24.2 Å². The summed E-state index contributed by atoms with van der Waals surface area (Å²) in [5.74, 6) is -1.68. The number of esters is 1. The fourth-order valence-corrected chi connectivity index (χ4v) is 1.78. The van der Waals surface area contributed by atoms with Gasteiger partial charge in [0.05, 0.1) is 19.5 Å². The number of hydrogen-bond acceptors (Lipinski definition) is 6. The average molecular weight is 306 g/mol. The third-order valence-corrected chi connectivity index (χ3v) is 2.89. The summed E-state index contributed by atoms with van der Waals surface area (Å²) in [4.78, 5) is 33.3. The normalized spacial score (nSPS) is 10.4. The molecule has 0 radical (unpaired) electrons. The van der Waals surface area contributed by atoms with E-state index in [2.05, 4.69) is 14.9 Å². The van der Waals surface area contributed by atoms with E-state index in [-0.39, 0.29) is 12.4 Å². The van der Waals surface area contributed by atoms with E-state index in [4.69, 9.17) is 5.11 Å². The van der Waals surface area contributed by atoms with Crippen LogP contribution in [-0.4, -0.2) is 43.7 Å². The lowest BCUT2D eigenvalue weighted by Crippen LogP contribution is -2.20. The molecule has 0 aliphatic rings. The van der Waals surface area contributed by atoms with Gasteiger partial charge in [0.25, 0.3) is 0 Å². The molecule has 0 amide bonds. The van der Waals surface area contributed by atoms with Gasteiger partial charge in [-0.05, 0) is 6.42 Å². The van der Waals surface area contributed by atoms with Crippen LogP contribution >= 0.6 is 0 Å². The maximum atomic E-state index is 11.4. The molecule has 2 aromatic heterocycles. The first kappa shape index (κ1) is 15.4. The predicted octanol–water partition coefficient (Wildman–Crippen LogP) is 0.0804. The van der Waals surface area contributed by atoms with E-state index in [1.54, 1.807) is 10.9 Å². The van der Waals surface area contributed by atoms with Crippen LogP contribution in [0.5, 0.6) is 0 Å². The number of nitrogens with zero attached hydrogens (tertiary/aromatic N) is 4. The molecular formula is C13H14N4O5. The highest BCUT2D eigenvalue weighted by Gasteiger charge is 2.12. The lowest BCUT2D eigenvalue weighted by molar-refractivity contribution is -0.140. The van der Waals surface area contributed by atoms with Crippen molar-refractivity contribution in [2.75, 3.05) is 7.11 Å². The highest BCUT2D eigenvalue weighted by molar-refractivity contribution is 5.84. The zero-order chi connectivity index (χ0) is 16.1. The largest absolute Gasteiger partial charge is 0.476 e. The Labute approximate surface area is 124 Å². The van der Waals surface area contributed by atoms with Crippen LogP contribution in [0, 0.1) is 0 Å². The molecule has 22 heavy (non-hydrogen) atoms. The Morgan fingerprint density at radius 2 is 2.18 bits per heavy atom. The second kappa shape index (κ2) is 6.66. The maximum Gasteiger partial charge on any atom is 0.360 e. The zero-order valence-electron chi connectivity index (χ0n) is 11.8. The summed E-state index contributed by atoms with van der Waals surface area (Å²) in [6, 6.07) is 1.13.